The van der Waals surface area contributed by atoms with Crippen molar-refractivity contribution < 1.29 is 14.0 Å². The van der Waals surface area contributed by atoms with E-state index in [1.54, 1.807) is 17.0 Å². The van der Waals surface area contributed by atoms with Crippen molar-refractivity contribution >= 4 is 28.9 Å². The highest BCUT2D eigenvalue weighted by Gasteiger charge is 2.38. The van der Waals surface area contributed by atoms with Crippen LogP contribution in [0.2, 0.25) is 0 Å². The third kappa shape index (κ3) is 5.20. The smallest absolute Gasteiger partial charge is 0.255 e. The number of nitrogens with two attached hydrogens (primary N) is 1. The number of halogens is 1. The molecule has 4 aliphatic rings. The molecular weight excluding hydrogens is 495 g/mol. The van der Waals surface area contributed by atoms with Crippen LogP contribution < -0.4 is 20.9 Å². The first-order valence-electron chi connectivity index (χ1n) is 14.1. The summed E-state index contributed by atoms with van der Waals surface area (Å²) < 4.78 is 14.3. The highest BCUT2D eigenvalue weighted by Crippen LogP contribution is 2.32. The number of allylic oxidation sites excluding steroid dienone is 1. The van der Waals surface area contributed by atoms with E-state index < -0.39 is 6.04 Å². The van der Waals surface area contributed by atoms with Crippen LogP contribution in [0, 0.1) is 11.7 Å². The lowest BCUT2D eigenvalue weighted by Gasteiger charge is -2.40. The van der Waals surface area contributed by atoms with E-state index in [0.29, 0.717) is 42.2 Å². The largest absolute Gasteiger partial charge is 0.399 e. The van der Waals surface area contributed by atoms with Crippen molar-refractivity contribution in [2.24, 2.45) is 5.92 Å². The third-order valence-electron chi connectivity index (χ3n) is 8.80. The molecule has 0 spiro atoms. The molecule has 39 heavy (non-hydrogen) atoms. The van der Waals surface area contributed by atoms with Gasteiger partial charge in [0.05, 0.1) is 5.69 Å². The zero-order valence-electron chi connectivity index (χ0n) is 22.4. The molecule has 6 rings (SSSR count). The van der Waals surface area contributed by atoms with Gasteiger partial charge in [0, 0.05) is 75.0 Å². The second kappa shape index (κ2) is 10.5. The molecule has 2 aromatic rings. The van der Waals surface area contributed by atoms with Crippen LogP contribution in [0.4, 0.5) is 21.5 Å². The van der Waals surface area contributed by atoms with E-state index in [1.807, 2.05) is 12.1 Å². The number of carbonyl (C=O) groups is 2. The lowest BCUT2D eigenvalue weighted by atomic mass is 9.95. The number of piperidine rings is 2. The molecule has 0 aliphatic carbocycles. The summed E-state index contributed by atoms with van der Waals surface area (Å²) in [6, 6.07) is 10.6. The number of benzene rings is 2. The Morgan fingerprint density at radius 2 is 1.72 bits per heavy atom. The average molecular weight is 533 g/mol. The van der Waals surface area contributed by atoms with Crippen LogP contribution >= 0.6 is 0 Å². The van der Waals surface area contributed by atoms with Crippen molar-refractivity contribution in [3.63, 3.8) is 0 Å². The molecular formula is C30H37FN6O2. The number of nitrogens with zero attached hydrogens (tertiary/aromatic N) is 4. The minimum atomic E-state index is -0.431. The Balaban J connectivity index is 1.00. The number of amides is 2. The van der Waals surface area contributed by atoms with Gasteiger partial charge in [-0.1, -0.05) is 6.58 Å². The maximum Gasteiger partial charge on any atom is 0.255 e. The molecule has 0 bridgehead atoms. The molecule has 0 unspecified atom stereocenters. The molecule has 2 amide bonds. The fourth-order valence-corrected chi connectivity index (χ4v) is 6.53. The van der Waals surface area contributed by atoms with Crippen molar-refractivity contribution in [1.82, 2.24) is 15.1 Å². The van der Waals surface area contributed by atoms with Gasteiger partial charge in [-0.25, -0.2) is 4.39 Å². The van der Waals surface area contributed by atoms with Gasteiger partial charge in [0.2, 0.25) is 5.91 Å². The summed E-state index contributed by atoms with van der Waals surface area (Å²) in [4.78, 5) is 34.3. The number of nitrogen functional groups attached to an aromatic ring is 1. The van der Waals surface area contributed by atoms with E-state index in [1.165, 1.54) is 6.07 Å². The van der Waals surface area contributed by atoms with Gasteiger partial charge in [-0.05, 0) is 73.6 Å². The Morgan fingerprint density at radius 1 is 0.949 bits per heavy atom. The average Bonchev–Trinajstić information content (AvgIpc) is 3.25. The molecule has 3 N–H and O–H groups in total. The molecule has 9 heteroatoms. The van der Waals surface area contributed by atoms with Crippen LogP contribution in [-0.2, 0) is 11.3 Å². The van der Waals surface area contributed by atoms with Gasteiger partial charge in [-0.2, -0.15) is 0 Å². The first-order chi connectivity index (χ1) is 18.9. The zero-order valence-corrected chi connectivity index (χ0v) is 22.4. The van der Waals surface area contributed by atoms with Crippen LogP contribution in [0.25, 0.3) is 0 Å². The van der Waals surface area contributed by atoms with E-state index in [4.69, 9.17) is 5.73 Å². The minimum absolute atomic E-state index is 0.0563. The monoisotopic (exact) mass is 532 g/mol. The van der Waals surface area contributed by atoms with Gasteiger partial charge in [-0.3, -0.25) is 14.5 Å². The summed E-state index contributed by atoms with van der Waals surface area (Å²) in [7, 11) is 0. The minimum Gasteiger partial charge on any atom is -0.399 e. The van der Waals surface area contributed by atoms with Gasteiger partial charge >= 0.3 is 0 Å². The summed E-state index contributed by atoms with van der Waals surface area (Å²) in [6.45, 7) is 11.0. The first-order valence-corrected chi connectivity index (χ1v) is 14.1. The maximum absolute atomic E-state index is 14.3. The molecule has 2 aromatic carbocycles. The fraction of sp³-hybridized carbons (Fsp3) is 0.467. The van der Waals surface area contributed by atoms with Crippen molar-refractivity contribution in [2.75, 3.05) is 61.3 Å². The number of hydrogen-bond acceptors (Lipinski definition) is 6. The Kier molecular flexibility index (Phi) is 6.93. The lowest BCUT2D eigenvalue weighted by Crippen LogP contribution is -2.49. The van der Waals surface area contributed by atoms with Crippen LogP contribution in [0.5, 0.6) is 0 Å². The SMILES string of the molecule is C=C1CC[C@H](N2Cc3cc(N4CCN(CC5CCN(c6ccc(N)cc6F)CC5)CC4)ccc3C2=O)C(=O)N1. The number of fused-ring (bicyclic) bond motifs is 1. The number of rotatable bonds is 5. The summed E-state index contributed by atoms with van der Waals surface area (Å²) >= 11 is 0. The molecule has 206 valence electrons. The predicted molar refractivity (Wildman–Crippen MR) is 151 cm³/mol. The highest BCUT2D eigenvalue weighted by molar-refractivity contribution is 6.01. The Bertz CT molecular complexity index is 1280. The van der Waals surface area contributed by atoms with Gasteiger partial charge in [-0.15, -0.1) is 0 Å². The van der Waals surface area contributed by atoms with Crippen LogP contribution in [0.1, 0.15) is 41.6 Å². The summed E-state index contributed by atoms with van der Waals surface area (Å²) in [5.41, 5.74) is 10.4. The number of piperazine rings is 1. The Morgan fingerprint density at radius 3 is 2.44 bits per heavy atom. The van der Waals surface area contributed by atoms with E-state index in [9.17, 15) is 14.0 Å². The van der Waals surface area contributed by atoms with Gasteiger partial charge < -0.3 is 25.8 Å². The van der Waals surface area contributed by atoms with E-state index in [-0.39, 0.29) is 17.6 Å². The molecule has 8 nitrogen and oxygen atoms in total. The number of nitrogens with one attached hydrogen (secondary N) is 1. The molecule has 1 atom stereocenters. The molecule has 3 fully saturated rings. The topological polar surface area (TPSA) is 85.2 Å². The Labute approximate surface area is 229 Å². The predicted octanol–water partition coefficient (Wildman–Crippen LogP) is 3.19. The maximum atomic E-state index is 14.3. The van der Waals surface area contributed by atoms with Crippen LogP contribution in [0.15, 0.2) is 48.7 Å². The van der Waals surface area contributed by atoms with Crippen molar-refractivity contribution in [2.45, 2.75) is 38.3 Å². The summed E-state index contributed by atoms with van der Waals surface area (Å²) in [6.07, 6.45) is 3.45. The first kappa shape index (κ1) is 25.7. The summed E-state index contributed by atoms with van der Waals surface area (Å²) in [5.74, 6) is 0.195. The normalized spacial score (nSPS) is 22.8. The summed E-state index contributed by atoms with van der Waals surface area (Å²) in [5, 5.41) is 2.80. The molecule has 3 saturated heterocycles. The van der Waals surface area contributed by atoms with Crippen molar-refractivity contribution in [3.05, 3.63) is 65.6 Å². The second-order valence-corrected chi connectivity index (χ2v) is 11.4. The van der Waals surface area contributed by atoms with Gasteiger partial charge in [0.1, 0.15) is 11.9 Å². The van der Waals surface area contributed by atoms with E-state index in [2.05, 4.69) is 32.7 Å². The zero-order chi connectivity index (χ0) is 27.1. The van der Waals surface area contributed by atoms with E-state index in [0.717, 1.165) is 75.6 Å². The molecule has 4 aliphatic heterocycles. The third-order valence-corrected chi connectivity index (χ3v) is 8.80. The van der Waals surface area contributed by atoms with Crippen LogP contribution in [0.3, 0.4) is 0 Å². The molecule has 0 aromatic heterocycles. The highest BCUT2D eigenvalue weighted by atomic mass is 19.1. The van der Waals surface area contributed by atoms with Crippen LogP contribution in [-0.4, -0.2) is 73.5 Å². The number of hydrogen-bond donors (Lipinski definition) is 2. The van der Waals surface area contributed by atoms with Gasteiger partial charge in [0.15, 0.2) is 0 Å². The Hall–Kier alpha value is -3.59. The van der Waals surface area contributed by atoms with Gasteiger partial charge in [0.25, 0.3) is 5.91 Å². The quantitative estimate of drug-likeness (QED) is 0.576. The van der Waals surface area contributed by atoms with Crippen molar-refractivity contribution in [1.29, 1.82) is 0 Å². The fourth-order valence-electron chi connectivity index (χ4n) is 6.53. The molecule has 4 heterocycles. The standard InChI is InChI=1S/C30H37FN6O2/c1-20-2-6-28(29(38)33-20)37-19-22-16-24(4-5-25(22)30(37)39)35-14-12-34(13-15-35)18-21-8-10-36(11-9-21)27-7-3-23(32)17-26(27)31/h3-5,7,16-17,21,28H,1-2,6,8-15,18-19,32H2,(H,33,38)/t28-/m0/s1. The lowest BCUT2D eigenvalue weighted by molar-refractivity contribution is -0.126. The number of anilines is 3. The number of carbonyl (C=O) groups excluding carboxylic acids is 2. The van der Waals surface area contributed by atoms with Crippen molar-refractivity contribution in [3.8, 4) is 0 Å². The molecule has 0 saturated carbocycles. The second-order valence-electron chi connectivity index (χ2n) is 11.4. The van der Waals surface area contributed by atoms with E-state index >= 15 is 0 Å². The molecule has 0 radical (unpaired) electrons.